The zero-order valence-corrected chi connectivity index (χ0v) is 8.00. The molecular formula is C10H10N4O. The van der Waals surface area contributed by atoms with Crippen molar-refractivity contribution in [2.45, 2.75) is 6.42 Å². The van der Waals surface area contributed by atoms with Crippen molar-refractivity contribution in [3.8, 4) is 5.69 Å². The van der Waals surface area contributed by atoms with Crippen molar-refractivity contribution in [2.75, 3.05) is 0 Å². The molecule has 0 aliphatic carbocycles. The van der Waals surface area contributed by atoms with Gasteiger partial charge in [-0.2, -0.15) is 0 Å². The lowest BCUT2D eigenvalue weighted by molar-refractivity contribution is -0.117. The SMILES string of the molecule is NC(=O)Cc1cccc(-n2ccnn2)c1. The molecule has 76 valence electrons. The molecule has 0 radical (unpaired) electrons. The van der Waals surface area contributed by atoms with Gasteiger partial charge in [0, 0.05) is 0 Å². The molecule has 2 rings (SSSR count). The summed E-state index contributed by atoms with van der Waals surface area (Å²) >= 11 is 0. The highest BCUT2D eigenvalue weighted by molar-refractivity contribution is 5.76. The molecule has 0 fully saturated rings. The van der Waals surface area contributed by atoms with Gasteiger partial charge < -0.3 is 5.73 Å². The van der Waals surface area contributed by atoms with Crippen LogP contribution in [0.3, 0.4) is 0 Å². The minimum absolute atomic E-state index is 0.239. The van der Waals surface area contributed by atoms with E-state index < -0.39 is 0 Å². The van der Waals surface area contributed by atoms with E-state index in [4.69, 9.17) is 5.73 Å². The molecule has 0 atom stereocenters. The maximum absolute atomic E-state index is 10.8. The summed E-state index contributed by atoms with van der Waals surface area (Å²) in [6, 6.07) is 7.46. The third-order valence-electron chi connectivity index (χ3n) is 1.98. The standard InChI is InChI=1S/C10H10N4O/c11-10(15)7-8-2-1-3-9(6-8)14-5-4-12-13-14/h1-6H,7H2,(H2,11,15). The van der Waals surface area contributed by atoms with Crippen molar-refractivity contribution in [3.63, 3.8) is 0 Å². The Morgan fingerprint density at radius 2 is 2.33 bits per heavy atom. The smallest absolute Gasteiger partial charge is 0.221 e. The van der Waals surface area contributed by atoms with Crippen molar-refractivity contribution in [3.05, 3.63) is 42.2 Å². The molecule has 1 heterocycles. The van der Waals surface area contributed by atoms with Crippen LogP contribution >= 0.6 is 0 Å². The normalized spacial score (nSPS) is 10.1. The molecule has 0 saturated carbocycles. The van der Waals surface area contributed by atoms with E-state index in [1.54, 1.807) is 17.1 Å². The first-order chi connectivity index (χ1) is 7.25. The van der Waals surface area contributed by atoms with E-state index in [0.29, 0.717) is 0 Å². The monoisotopic (exact) mass is 202 g/mol. The fourth-order valence-corrected chi connectivity index (χ4v) is 1.36. The van der Waals surface area contributed by atoms with Crippen molar-refractivity contribution >= 4 is 5.91 Å². The van der Waals surface area contributed by atoms with Crippen molar-refractivity contribution < 1.29 is 4.79 Å². The fraction of sp³-hybridized carbons (Fsp3) is 0.100. The number of nitrogens with zero attached hydrogens (tertiary/aromatic N) is 3. The van der Waals surface area contributed by atoms with E-state index in [1.165, 1.54) is 0 Å². The summed E-state index contributed by atoms with van der Waals surface area (Å²) in [4.78, 5) is 10.8. The van der Waals surface area contributed by atoms with Crippen LogP contribution in [0, 0.1) is 0 Å². The largest absolute Gasteiger partial charge is 0.369 e. The Hall–Kier alpha value is -2.17. The zero-order chi connectivity index (χ0) is 10.7. The van der Waals surface area contributed by atoms with Gasteiger partial charge in [-0.25, -0.2) is 4.68 Å². The maximum Gasteiger partial charge on any atom is 0.221 e. The van der Waals surface area contributed by atoms with Crippen molar-refractivity contribution in [1.29, 1.82) is 0 Å². The second-order valence-electron chi connectivity index (χ2n) is 3.16. The molecule has 1 aromatic carbocycles. The van der Waals surface area contributed by atoms with E-state index in [-0.39, 0.29) is 12.3 Å². The van der Waals surface area contributed by atoms with Gasteiger partial charge in [-0.1, -0.05) is 17.3 Å². The number of aromatic nitrogens is 3. The number of amides is 1. The topological polar surface area (TPSA) is 73.8 Å². The molecule has 0 saturated heterocycles. The fourth-order valence-electron chi connectivity index (χ4n) is 1.36. The van der Waals surface area contributed by atoms with Crippen molar-refractivity contribution in [2.24, 2.45) is 5.73 Å². The number of carbonyl (C=O) groups excluding carboxylic acids is 1. The lowest BCUT2D eigenvalue weighted by Crippen LogP contribution is -2.13. The Balaban J connectivity index is 2.31. The number of hydrogen-bond acceptors (Lipinski definition) is 3. The van der Waals surface area contributed by atoms with Gasteiger partial charge in [0.25, 0.3) is 0 Å². The first-order valence-electron chi connectivity index (χ1n) is 4.49. The molecule has 0 aliphatic heterocycles. The van der Waals surface area contributed by atoms with Gasteiger partial charge in [-0.3, -0.25) is 4.79 Å². The zero-order valence-electron chi connectivity index (χ0n) is 8.00. The molecule has 0 spiro atoms. The number of rotatable bonds is 3. The summed E-state index contributed by atoms with van der Waals surface area (Å²) in [7, 11) is 0. The van der Waals surface area contributed by atoms with Gasteiger partial charge in [0.05, 0.1) is 24.5 Å². The van der Waals surface area contributed by atoms with Gasteiger partial charge in [-0.05, 0) is 17.7 Å². The summed E-state index contributed by atoms with van der Waals surface area (Å²) in [5.41, 5.74) is 6.86. The molecule has 0 aliphatic rings. The van der Waals surface area contributed by atoms with Gasteiger partial charge in [-0.15, -0.1) is 5.10 Å². The highest BCUT2D eigenvalue weighted by Gasteiger charge is 2.01. The number of carbonyl (C=O) groups is 1. The van der Waals surface area contributed by atoms with Crippen molar-refractivity contribution in [1.82, 2.24) is 15.0 Å². The van der Waals surface area contributed by atoms with Crippen LogP contribution in [-0.4, -0.2) is 20.9 Å². The Morgan fingerprint density at radius 3 is 3.00 bits per heavy atom. The summed E-state index contributed by atoms with van der Waals surface area (Å²) < 4.78 is 1.63. The number of primary amides is 1. The molecule has 2 aromatic rings. The van der Waals surface area contributed by atoms with E-state index in [0.717, 1.165) is 11.3 Å². The third kappa shape index (κ3) is 2.19. The number of hydrogen-bond donors (Lipinski definition) is 1. The van der Waals surface area contributed by atoms with Crippen LogP contribution in [0.25, 0.3) is 5.69 Å². The minimum atomic E-state index is -0.342. The molecule has 15 heavy (non-hydrogen) atoms. The Morgan fingerprint density at radius 1 is 1.47 bits per heavy atom. The summed E-state index contributed by atoms with van der Waals surface area (Å²) in [6.07, 6.45) is 3.58. The average Bonchev–Trinajstić information content (AvgIpc) is 2.69. The van der Waals surface area contributed by atoms with Crippen LogP contribution in [0.5, 0.6) is 0 Å². The van der Waals surface area contributed by atoms with Crippen LogP contribution in [0.15, 0.2) is 36.7 Å². The molecular weight excluding hydrogens is 192 g/mol. The first-order valence-corrected chi connectivity index (χ1v) is 4.49. The quantitative estimate of drug-likeness (QED) is 0.777. The number of benzene rings is 1. The van der Waals surface area contributed by atoms with Crippen LogP contribution in [-0.2, 0) is 11.2 Å². The Kier molecular flexibility index (Phi) is 2.45. The van der Waals surface area contributed by atoms with Crippen LogP contribution in [0.1, 0.15) is 5.56 Å². The van der Waals surface area contributed by atoms with Gasteiger partial charge in [0.15, 0.2) is 0 Å². The van der Waals surface area contributed by atoms with E-state index in [9.17, 15) is 4.79 Å². The molecule has 1 aromatic heterocycles. The Labute approximate surface area is 86.5 Å². The first kappa shape index (κ1) is 9.39. The average molecular weight is 202 g/mol. The summed E-state index contributed by atoms with van der Waals surface area (Å²) in [5.74, 6) is -0.342. The summed E-state index contributed by atoms with van der Waals surface area (Å²) in [6.45, 7) is 0. The highest BCUT2D eigenvalue weighted by atomic mass is 16.1. The van der Waals surface area contributed by atoms with Crippen LogP contribution in [0.4, 0.5) is 0 Å². The Bertz CT molecular complexity index is 464. The van der Waals surface area contributed by atoms with Crippen LogP contribution in [0.2, 0.25) is 0 Å². The molecule has 5 nitrogen and oxygen atoms in total. The predicted octanol–water partition coefficient (Wildman–Crippen LogP) is 0.295. The summed E-state index contributed by atoms with van der Waals surface area (Å²) in [5, 5.41) is 7.57. The molecule has 0 unspecified atom stereocenters. The predicted molar refractivity (Wildman–Crippen MR) is 54.3 cm³/mol. The second kappa shape index (κ2) is 3.91. The maximum atomic E-state index is 10.8. The molecule has 1 amide bonds. The molecule has 0 bridgehead atoms. The van der Waals surface area contributed by atoms with Crippen LogP contribution < -0.4 is 5.73 Å². The lowest BCUT2D eigenvalue weighted by Gasteiger charge is -2.02. The van der Waals surface area contributed by atoms with E-state index >= 15 is 0 Å². The molecule has 5 heteroatoms. The highest BCUT2D eigenvalue weighted by Crippen LogP contribution is 2.09. The van der Waals surface area contributed by atoms with Gasteiger partial charge in [0.1, 0.15) is 0 Å². The number of nitrogens with two attached hydrogens (primary N) is 1. The van der Waals surface area contributed by atoms with E-state index in [2.05, 4.69) is 10.3 Å². The molecule has 2 N–H and O–H groups in total. The second-order valence-corrected chi connectivity index (χ2v) is 3.16. The van der Waals surface area contributed by atoms with Gasteiger partial charge >= 0.3 is 0 Å². The lowest BCUT2D eigenvalue weighted by atomic mass is 10.1. The van der Waals surface area contributed by atoms with Gasteiger partial charge in [0.2, 0.25) is 5.91 Å². The third-order valence-corrected chi connectivity index (χ3v) is 1.98. The minimum Gasteiger partial charge on any atom is -0.369 e. The van der Waals surface area contributed by atoms with E-state index in [1.807, 2.05) is 24.3 Å².